The second kappa shape index (κ2) is 5.68. The maximum Gasteiger partial charge on any atom is 0.0840 e. The third kappa shape index (κ3) is 3.21. The molecule has 0 aromatic carbocycles. The molecule has 17 heavy (non-hydrogen) atoms. The molecule has 0 aromatic rings. The Morgan fingerprint density at radius 3 is 2.35 bits per heavy atom. The Hall–Kier alpha value is -0.120. The number of hydrogen-bond acceptors (Lipinski definition) is 3. The summed E-state index contributed by atoms with van der Waals surface area (Å²) < 4.78 is 17.5. The van der Waals surface area contributed by atoms with E-state index < -0.39 is 0 Å². The van der Waals surface area contributed by atoms with Gasteiger partial charge in [0.05, 0.1) is 24.9 Å². The van der Waals surface area contributed by atoms with Gasteiger partial charge in [0.25, 0.3) is 0 Å². The molecule has 3 fully saturated rings. The van der Waals surface area contributed by atoms with Crippen LogP contribution in [0.1, 0.15) is 44.9 Å². The minimum Gasteiger partial charge on any atom is -0.376 e. The average molecular weight is 240 g/mol. The van der Waals surface area contributed by atoms with Crippen LogP contribution in [0.5, 0.6) is 0 Å². The fourth-order valence-electron chi connectivity index (χ4n) is 3.22. The monoisotopic (exact) mass is 240 g/mol. The van der Waals surface area contributed by atoms with Crippen LogP contribution in [0.4, 0.5) is 0 Å². The summed E-state index contributed by atoms with van der Waals surface area (Å²) in [6.07, 6.45) is 9.83. The molecule has 0 aromatic heterocycles. The van der Waals surface area contributed by atoms with E-state index >= 15 is 0 Å². The molecule has 98 valence electrons. The van der Waals surface area contributed by atoms with Crippen LogP contribution in [-0.4, -0.2) is 38.1 Å². The zero-order valence-electron chi connectivity index (χ0n) is 10.6. The minimum absolute atomic E-state index is 0.324. The van der Waals surface area contributed by atoms with E-state index in [0.29, 0.717) is 24.2 Å². The first-order valence-electron chi connectivity index (χ1n) is 7.28. The lowest BCUT2D eigenvalue weighted by Gasteiger charge is -2.26. The van der Waals surface area contributed by atoms with E-state index in [4.69, 9.17) is 14.2 Å². The van der Waals surface area contributed by atoms with Crippen LogP contribution < -0.4 is 0 Å². The Morgan fingerprint density at radius 2 is 1.47 bits per heavy atom. The molecule has 0 radical (unpaired) electrons. The Kier molecular flexibility index (Phi) is 3.99. The van der Waals surface area contributed by atoms with Crippen molar-refractivity contribution in [1.29, 1.82) is 0 Å². The summed E-state index contributed by atoms with van der Waals surface area (Å²) in [6, 6.07) is 0. The molecular weight excluding hydrogens is 216 g/mol. The number of hydrogen-bond donors (Lipinski definition) is 0. The highest BCUT2D eigenvalue weighted by Crippen LogP contribution is 2.33. The zero-order chi connectivity index (χ0) is 11.5. The van der Waals surface area contributed by atoms with Gasteiger partial charge in [0.1, 0.15) is 0 Å². The molecule has 3 nitrogen and oxygen atoms in total. The SMILES string of the molecule is C1CCOC(C2CC(C3CO3)CCCO2)CC1. The summed E-state index contributed by atoms with van der Waals surface area (Å²) in [5.41, 5.74) is 0. The van der Waals surface area contributed by atoms with Crippen molar-refractivity contribution >= 4 is 0 Å². The number of ether oxygens (including phenoxy) is 3. The van der Waals surface area contributed by atoms with Gasteiger partial charge in [-0.1, -0.05) is 12.8 Å². The predicted octanol–water partition coefficient (Wildman–Crippen LogP) is 2.53. The summed E-state index contributed by atoms with van der Waals surface area (Å²) in [5, 5.41) is 0. The van der Waals surface area contributed by atoms with Gasteiger partial charge in [-0.2, -0.15) is 0 Å². The Bertz CT molecular complexity index is 232. The van der Waals surface area contributed by atoms with Crippen molar-refractivity contribution in [3.05, 3.63) is 0 Å². The third-order valence-electron chi connectivity index (χ3n) is 4.35. The van der Waals surface area contributed by atoms with Crippen LogP contribution in [0.2, 0.25) is 0 Å². The molecule has 3 saturated heterocycles. The normalized spacial score (nSPS) is 43.8. The van der Waals surface area contributed by atoms with Crippen molar-refractivity contribution in [3.63, 3.8) is 0 Å². The Balaban J connectivity index is 1.58. The van der Waals surface area contributed by atoms with Gasteiger partial charge in [-0.25, -0.2) is 0 Å². The van der Waals surface area contributed by atoms with Crippen molar-refractivity contribution < 1.29 is 14.2 Å². The fraction of sp³-hybridized carbons (Fsp3) is 1.00. The van der Waals surface area contributed by atoms with Gasteiger partial charge in [0, 0.05) is 13.2 Å². The first-order chi connectivity index (χ1) is 8.43. The van der Waals surface area contributed by atoms with E-state index in [1.165, 1.54) is 38.5 Å². The maximum atomic E-state index is 6.03. The lowest BCUT2D eigenvalue weighted by atomic mass is 9.91. The van der Waals surface area contributed by atoms with E-state index in [9.17, 15) is 0 Å². The topological polar surface area (TPSA) is 31.0 Å². The third-order valence-corrected chi connectivity index (χ3v) is 4.35. The lowest BCUT2D eigenvalue weighted by Crippen LogP contribution is -2.33. The molecule has 0 N–H and O–H groups in total. The second-order valence-electron chi connectivity index (χ2n) is 5.68. The van der Waals surface area contributed by atoms with Crippen LogP contribution in [0.3, 0.4) is 0 Å². The van der Waals surface area contributed by atoms with Gasteiger partial charge >= 0.3 is 0 Å². The van der Waals surface area contributed by atoms with Gasteiger partial charge in [-0.15, -0.1) is 0 Å². The molecule has 0 aliphatic carbocycles. The predicted molar refractivity (Wildman–Crippen MR) is 65.0 cm³/mol. The largest absolute Gasteiger partial charge is 0.376 e. The summed E-state index contributed by atoms with van der Waals surface area (Å²) >= 11 is 0. The Morgan fingerprint density at radius 1 is 0.647 bits per heavy atom. The summed E-state index contributed by atoms with van der Waals surface area (Å²) in [5.74, 6) is 0.717. The molecule has 0 saturated carbocycles. The summed E-state index contributed by atoms with van der Waals surface area (Å²) in [4.78, 5) is 0. The van der Waals surface area contributed by atoms with Gasteiger partial charge in [-0.05, 0) is 38.0 Å². The van der Waals surface area contributed by atoms with Crippen molar-refractivity contribution in [2.75, 3.05) is 19.8 Å². The van der Waals surface area contributed by atoms with E-state index in [1.54, 1.807) is 0 Å². The summed E-state index contributed by atoms with van der Waals surface area (Å²) in [7, 11) is 0. The average Bonchev–Trinajstić information content (AvgIpc) is 3.18. The van der Waals surface area contributed by atoms with Gasteiger partial charge < -0.3 is 14.2 Å². The van der Waals surface area contributed by atoms with Crippen molar-refractivity contribution in [1.82, 2.24) is 0 Å². The van der Waals surface area contributed by atoms with Crippen molar-refractivity contribution in [2.45, 2.75) is 63.3 Å². The van der Waals surface area contributed by atoms with Crippen molar-refractivity contribution in [3.8, 4) is 0 Å². The number of epoxide rings is 1. The van der Waals surface area contributed by atoms with E-state index in [2.05, 4.69) is 0 Å². The molecule has 0 amide bonds. The standard InChI is InChI=1S/C14H24O3/c1-2-6-12(15-7-3-1)13-9-11(14-10-17-14)5-4-8-16-13/h11-14H,1-10H2. The maximum absolute atomic E-state index is 6.03. The fourth-order valence-corrected chi connectivity index (χ4v) is 3.22. The Labute approximate surface area is 104 Å². The van der Waals surface area contributed by atoms with Gasteiger partial charge in [0.2, 0.25) is 0 Å². The molecular formula is C14H24O3. The molecule has 0 spiro atoms. The van der Waals surface area contributed by atoms with Gasteiger partial charge in [-0.3, -0.25) is 0 Å². The molecule has 3 heterocycles. The van der Waals surface area contributed by atoms with E-state index in [-0.39, 0.29) is 0 Å². The lowest BCUT2D eigenvalue weighted by molar-refractivity contribution is -0.0732. The zero-order valence-corrected chi connectivity index (χ0v) is 10.6. The smallest absolute Gasteiger partial charge is 0.0840 e. The molecule has 3 aliphatic heterocycles. The molecule has 3 heteroatoms. The van der Waals surface area contributed by atoms with Crippen LogP contribution in [0, 0.1) is 5.92 Å². The quantitative estimate of drug-likeness (QED) is 0.695. The van der Waals surface area contributed by atoms with Crippen LogP contribution in [0.15, 0.2) is 0 Å². The van der Waals surface area contributed by atoms with Gasteiger partial charge in [0.15, 0.2) is 0 Å². The molecule has 4 unspecified atom stereocenters. The number of rotatable bonds is 2. The second-order valence-corrected chi connectivity index (χ2v) is 5.68. The molecule has 4 atom stereocenters. The highest BCUT2D eigenvalue weighted by Gasteiger charge is 2.37. The molecule has 3 aliphatic rings. The first-order valence-corrected chi connectivity index (χ1v) is 7.28. The molecule has 3 rings (SSSR count). The highest BCUT2D eigenvalue weighted by molar-refractivity contribution is 4.86. The minimum atomic E-state index is 0.324. The van der Waals surface area contributed by atoms with E-state index in [1.807, 2.05) is 0 Å². The van der Waals surface area contributed by atoms with E-state index in [0.717, 1.165) is 26.2 Å². The molecule has 0 bridgehead atoms. The highest BCUT2D eigenvalue weighted by atomic mass is 16.6. The summed E-state index contributed by atoms with van der Waals surface area (Å²) in [6.45, 7) is 2.81. The van der Waals surface area contributed by atoms with Crippen molar-refractivity contribution in [2.24, 2.45) is 5.92 Å². The first kappa shape index (κ1) is 11.9. The van der Waals surface area contributed by atoms with Crippen LogP contribution >= 0.6 is 0 Å². The van der Waals surface area contributed by atoms with Crippen LogP contribution in [0.25, 0.3) is 0 Å². The van der Waals surface area contributed by atoms with Crippen LogP contribution in [-0.2, 0) is 14.2 Å².